The summed E-state index contributed by atoms with van der Waals surface area (Å²) in [5, 5.41) is 15.9. The van der Waals surface area contributed by atoms with Gasteiger partial charge in [-0.25, -0.2) is 9.78 Å². The maximum Gasteiger partial charge on any atom is 0.315 e. The number of hydrogen-bond acceptors (Lipinski definition) is 4. The number of carboxylic acids is 1. The summed E-state index contributed by atoms with van der Waals surface area (Å²) in [5.74, 6) is -0.912. The fourth-order valence-electron chi connectivity index (χ4n) is 1.41. The van der Waals surface area contributed by atoms with E-state index in [0.29, 0.717) is 19.4 Å². The Labute approximate surface area is 109 Å². The molecule has 0 aliphatic carbocycles. The Balaban J connectivity index is 2.21. The van der Waals surface area contributed by atoms with Crippen LogP contribution in [-0.2, 0) is 11.2 Å². The second-order valence-electron chi connectivity index (χ2n) is 3.83. The minimum Gasteiger partial charge on any atom is -0.481 e. The van der Waals surface area contributed by atoms with E-state index >= 15 is 0 Å². The van der Waals surface area contributed by atoms with E-state index in [1.54, 1.807) is 5.51 Å². The fraction of sp³-hybridized carbons (Fsp3) is 0.545. The van der Waals surface area contributed by atoms with Gasteiger partial charge in [-0.05, 0) is 6.42 Å². The van der Waals surface area contributed by atoms with Gasteiger partial charge < -0.3 is 15.7 Å². The van der Waals surface area contributed by atoms with Gasteiger partial charge in [0.05, 0.1) is 17.6 Å². The van der Waals surface area contributed by atoms with Crippen molar-refractivity contribution < 1.29 is 14.7 Å². The Morgan fingerprint density at radius 3 is 2.89 bits per heavy atom. The van der Waals surface area contributed by atoms with Crippen LogP contribution < -0.4 is 10.6 Å². The number of carbonyl (C=O) groups is 2. The van der Waals surface area contributed by atoms with Crippen molar-refractivity contribution in [1.29, 1.82) is 0 Å². The van der Waals surface area contributed by atoms with Crippen LogP contribution >= 0.6 is 11.3 Å². The molecule has 0 spiro atoms. The summed E-state index contributed by atoms with van der Waals surface area (Å²) in [7, 11) is 0. The lowest BCUT2D eigenvalue weighted by Crippen LogP contribution is -2.43. The van der Waals surface area contributed by atoms with Gasteiger partial charge in [0.15, 0.2) is 0 Å². The van der Waals surface area contributed by atoms with Crippen LogP contribution in [-0.4, -0.2) is 34.7 Å². The summed E-state index contributed by atoms with van der Waals surface area (Å²) in [4.78, 5) is 26.1. The predicted molar refractivity (Wildman–Crippen MR) is 68.7 cm³/mol. The molecule has 1 aromatic rings. The number of nitrogens with zero attached hydrogens (tertiary/aromatic N) is 1. The van der Waals surface area contributed by atoms with E-state index in [-0.39, 0.29) is 18.5 Å². The molecule has 18 heavy (non-hydrogen) atoms. The summed E-state index contributed by atoms with van der Waals surface area (Å²) in [6, 6.07) is -0.667. The summed E-state index contributed by atoms with van der Waals surface area (Å²) in [5.41, 5.74) is 2.69. The van der Waals surface area contributed by atoms with Crippen LogP contribution in [0.4, 0.5) is 4.79 Å². The number of rotatable bonds is 7. The number of carboxylic acid groups (broad SMARTS) is 1. The molecule has 3 N–H and O–H groups in total. The fourth-order valence-corrected chi connectivity index (χ4v) is 2.00. The van der Waals surface area contributed by atoms with Crippen molar-refractivity contribution in [1.82, 2.24) is 15.6 Å². The zero-order chi connectivity index (χ0) is 13.4. The first-order valence-electron chi connectivity index (χ1n) is 5.75. The van der Waals surface area contributed by atoms with Crippen LogP contribution in [0.3, 0.4) is 0 Å². The van der Waals surface area contributed by atoms with Gasteiger partial charge in [-0.2, -0.15) is 0 Å². The van der Waals surface area contributed by atoms with Crippen molar-refractivity contribution in [2.45, 2.75) is 32.2 Å². The summed E-state index contributed by atoms with van der Waals surface area (Å²) >= 11 is 1.51. The molecular weight excluding hydrogens is 254 g/mol. The number of thiazole rings is 1. The standard InChI is InChI=1S/C11H17N3O3S/c1-2-8(5-10(15)16)14-11(17)12-4-3-9-6-18-7-13-9/h6-8H,2-5H2,1H3,(H,15,16)(H2,12,14,17). The number of hydrogen-bond donors (Lipinski definition) is 3. The van der Waals surface area contributed by atoms with Crippen LogP contribution in [0, 0.1) is 0 Å². The Bertz CT molecular complexity index is 381. The normalized spacial score (nSPS) is 11.8. The quantitative estimate of drug-likeness (QED) is 0.695. The first kappa shape index (κ1) is 14.4. The molecule has 0 saturated carbocycles. The predicted octanol–water partition coefficient (Wildman–Crippen LogP) is 1.24. The number of urea groups is 1. The highest BCUT2D eigenvalue weighted by Crippen LogP contribution is 2.00. The second-order valence-corrected chi connectivity index (χ2v) is 4.55. The first-order chi connectivity index (χ1) is 8.61. The third-order valence-electron chi connectivity index (χ3n) is 2.40. The highest BCUT2D eigenvalue weighted by atomic mass is 32.1. The molecule has 1 unspecified atom stereocenters. The molecule has 0 bridgehead atoms. The van der Waals surface area contributed by atoms with Crippen LogP contribution in [0.15, 0.2) is 10.9 Å². The minimum absolute atomic E-state index is 0.0595. The number of aliphatic carboxylic acids is 1. The molecule has 0 aliphatic rings. The molecule has 1 rings (SSSR count). The molecule has 100 valence electrons. The molecule has 0 saturated heterocycles. The molecule has 7 heteroatoms. The van der Waals surface area contributed by atoms with Crippen LogP contribution in [0.5, 0.6) is 0 Å². The average Bonchev–Trinajstić information content (AvgIpc) is 2.80. The summed E-state index contributed by atoms with van der Waals surface area (Å²) in [6.07, 6.45) is 1.20. The average molecular weight is 271 g/mol. The zero-order valence-corrected chi connectivity index (χ0v) is 11.0. The smallest absolute Gasteiger partial charge is 0.315 e. The maximum absolute atomic E-state index is 11.5. The Kier molecular flexibility index (Phi) is 6.13. The lowest BCUT2D eigenvalue weighted by Gasteiger charge is -2.15. The topological polar surface area (TPSA) is 91.3 Å². The lowest BCUT2D eigenvalue weighted by molar-refractivity contribution is -0.137. The van der Waals surface area contributed by atoms with Gasteiger partial charge >= 0.3 is 12.0 Å². The third-order valence-corrected chi connectivity index (χ3v) is 3.03. The molecular formula is C11H17N3O3S. The molecule has 1 heterocycles. The van der Waals surface area contributed by atoms with E-state index in [0.717, 1.165) is 5.69 Å². The molecule has 6 nitrogen and oxygen atoms in total. The van der Waals surface area contributed by atoms with Gasteiger partial charge in [0.1, 0.15) is 0 Å². The second kappa shape index (κ2) is 7.65. The van der Waals surface area contributed by atoms with Crippen LogP contribution in [0.2, 0.25) is 0 Å². The van der Waals surface area contributed by atoms with E-state index in [1.165, 1.54) is 11.3 Å². The van der Waals surface area contributed by atoms with Gasteiger partial charge in [-0.1, -0.05) is 6.92 Å². The molecule has 2 amide bonds. The van der Waals surface area contributed by atoms with Crippen molar-refractivity contribution in [3.05, 3.63) is 16.6 Å². The zero-order valence-electron chi connectivity index (χ0n) is 10.2. The van der Waals surface area contributed by atoms with Gasteiger partial charge in [0.25, 0.3) is 0 Å². The van der Waals surface area contributed by atoms with E-state index in [1.807, 2.05) is 12.3 Å². The van der Waals surface area contributed by atoms with E-state index in [9.17, 15) is 9.59 Å². The van der Waals surface area contributed by atoms with E-state index in [2.05, 4.69) is 15.6 Å². The van der Waals surface area contributed by atoms with Gasteiger partial charge in [0, 0.05) is 24.4 Å². The van der Waals surface area contributed by atoms with Gasteiger partial charge in [-0.15, -0.1) is 11.3 Å². The highest BCUT2D eigenvalue weighted by molar-refractivity contribution is 7.07. The molecule has 0 radical (unpaired) electrons. The van der Waals surface area contributed by atoms with E-state index < -0.39 is 5.97 Å². The number of nitrogens with one attached hydrogen (secondary N) is 2. The third kappa shape index (κ3) is 5.62. The molecule has 0 aromatic carbocycles. The van der Waals surface area contributed by atoms with Crippen molar-refractivity contribution in [2.24, 2.45) is 0 Å². The number of carbonyl (C=O) groups excluding carboxylic acids is 1. The van der Waals surface area contributed by atoms with Gasteiger partial charge in [0.2, 0.25) is 0 Å². The monoisotopic (exact) mass is 271 g/mol. The lowest BCUT2D eigenvalue weighted by atomic mass is 10.1. The Hall–Kier alpha value is -1.63. The van der Waals surface area contributed by atoms with Gasteiger partial charge in [-0.3, -0.25) is 4.79 Å². The number of amides is 2. The van der Waals surface area contributed by atoms with Crippen LogP contribution in [0.1, 0.15) is 25.5 Å². The molecule has 0 fully saturated rings. The minimum atomic E-state index is -0.912. The summed E-state index contributed by atoms with van der Waals surface area (Å²) in [6.45, 7) is 2.32. The molecule has 1 atom stereocenters. The van der Waals surface area contributed by atoms with Crippen molar-refractivity contribution >= 4 is 23.3 Å². The highest BCUT2D eigenvalue weighted by Gasteiger charge is 2.13. The SMILES string of the molecule is CCC(CC(=O)O)NC(=O)NCCc1cscn1. The van der Waals surface area contributed by atoms with Crippen LogP contribution in [0.25, 0.3) is 0 Å². The Morgan fingerprint density at radius 2 is 2.33 bits per heavy atom. The Morgan fingerprint density at radius 1 is 1.56 bits per heavy atom. The van der Waals surface area contributed by atoms with E-state index in [4.69, 9.17) is 5.11 Å². The largest absolute Gasteiger partial charge is 0.481 e. The van der Waals surface area contributed by atoms with Crippen molar-refractivity contribution in [3.63, 3.8) is 0 Å². The maximum atomic E-state index is 11.5. The molecule has 0 aliphatic heterocycles. The number of aromatic nitrogens is 1. The van der Waals surface area contributed by atoms with Crippen molar-refractivity contribution in [2.75, 3.05) is 6.54 Å². The molecule has 1 aromatic heterocycles. The first-order valence-corrected chi connectivity index (χ1v) is 6.69. The summed E-state index contributed by atoms with van der Waals surface area (Å²) < 4.78 is 0. The van der Waals surface area contributed by atoms with Crippen molar-refractivity contribution in [3.8, 4) is 0 Å².